The number of hydrogen-bond donors (Lipinski definition) is 4. The number of fused-ring (bicyclic) bond motifs is 6. The van der Waals surface area contributed by atoms with Crippen molar-refractivity contribution < 1.29 is 19.7 Å². The fraction of sp³-hybridized carbons (Fsp3) is 0.714. The van der Waals surface area contributed by atoms with Gasteiger partial charge in [0.05, 0.1) is 37.2 Å². The highest BCUT2D eigenvalue weighted by atomic mass is 35.5. The summed E-state index contributed by atoms with van der Waals surface area (Å²) in [5.41, 5.74) is 8.53. The Kier molecular flexibility index (Phi) is 18.1. The van der Waals surface area contributed by atoms with Crippen LogP contribution in [0.15, 0.2) is 12.7 Å². The SMILES string of the molecule is Cl.Cl.NC1CCC(N2CCOCC2)CC1.OC[C@H]1CCc2sc3ncnc(Cl)c3c2C1.OC[C@H]1CCc2sc3ncnc(NC4CCC(N5CCOCC5)CC4)c3c2C1. The molecule has 328 valence electrons. The molecule has 2 aliphatic heterocycles. The molecule has 59 heavy (non-hydrogen) atoms. The van der Waals surface area contributed by atoms with Crippen LogP contribution in [0.4, 0.5) is 5.82 Å². The zero-order chi connectivity index (χ0) is 39.1. The average Bonchev–Trinajstić information content (AvgIpc) is 3.84. The third-order valence-electron chi connectivity index (χ3n) is 13.3. The van der Waals surface area contributed by atoms with E-state index in [4.69, 9.17) is 26.8 Å². The number of thiophene rings is 2. The zero-order valence-electron chi connectivity index (χ0n) is 34.1. The lowest BCUT2D eigenvalue weighted by Crippen LogP contribution is -2.46. The first-order valence-electron chi connectivity index (χ1n) is 21.5. The summed E-state index contributed by atoms with van der Waals surface area (Å²) in [5.74, 6) is 1.75. The average molecular weight is 915 g/mol. The third-order valence-corrected chi connectivity index (χ3v) is 15.9. The minimum Gasteiger partial charge on any atom is -0.396 e. The Bertz CT molecular complexity index is 1900. The van der Waals surface area contributed by atoms with Crippen LogP contribution in [-0.4, -0.2) is 130 Å². The maximum Gasteiger partial charge on any atom is 0.141 e. The number of aliphatic hydroxyl groups excluding tert-OH is 2. The summed E-state index contributed by atoms with van der Waals surface area (Å²) in [6.45, 7) is 8.56. The molecule has 2 saturated carbocycles. The highest BCUT2D eigenvalue weighted by Gasteiger charge is 2.30. The Balaban J connectivity index is 0.000000160. The van der Waals surface area contributed by atoms with Crippen LogP contribution < -0.4 is 11.1 Å². The lowest BCUT2D eigenvalue weighted by atomic mass is 9.87. The van der Waals surface area contributed by atoms with Crippen molar-refractivity contribution in [3.05, 3.63) is 38.7 Å². The van der Waals surface area contributed by atoms with Gasteiger partial charge < -0.3 is 30.7 Å². The highest BCUT2D eigenvalue weighted by Crippen LogP contribution is 2.41. The van der Waals surface area contributed by atoms with Crippen LogP contribution in [0.1, 0.15) is 85.1 Å². The molecule has 5 N–H and O–H groups in total. The number of nitrogens with two attached hydrogens (primary N) is 1. The Hall–Kier alpha value is -1.53. The largest absolute Gasteiger partial charge is 0.396 e. The Morgan fingerprint density at radius 1 is 0.661 bits per heavy atom. The summed E-state index contributed by atoms with van der Waals surface area (Å²) >= 11 is 9.64. The molecule has 0 radical (unpaired) electrons. The molecule has 4 aliphatic carbocycles. The van der Waals surface area contributed by atoms with Gasteiger partial charge in [-0.25, -0.2) is 19.9 Å². The minimum absolute atomic E-state index is 0. The molecule has 4 aromatic heterocycles. The first kappa shape index (κ1) is 47.0. The lowest BCUT2D eigenvalue weighted by Gasteiger charge is -2.39. The van der Waals surface area contributed by atoms with Crippen LogP contribution in [0.5, 0.6) is 0 Å². The number of nitrogens with zero attached hydrogens (tertiary/aromatic N) is 6. The van der Waals surface area contributed by atoms with Gasteiger partial charge >= 0.3 is 0 Å². The second-order valence-corrected chi connectivity index (χ2v) is 19.4. The third kappa shape index (κ3) is 11.5. The van der Waals surface area contributed by atoms with Gasteiger partial charge in [-0.1, -0.05) is 11.6 Å². The number of anilines is 1. The summed E-state index contributed by atoms with van der Waals surface area (Å²) in [5, 5.41) is 25.4. The molecular formula is C42H63Cl3N8O4S2. The molecule has 12 nitrogen and oxygen atoms in total. The molecule has 10 rings (SSSR count). The van der Waals surface area contributed by atoms with Crippen molar-refractivity contribution >= 4 is 85.3 Å². The molecule has 0 bridgehead atoms. The van der Waals surface area contributed by atoms with Crippen molar-refractivity contribution in [2.75, 3.05) is 71.1 Å². The second kappa shape index (κ2) is 22.7. The molecule has 2 saturated heterocycles. The summed E-state index contributed by atoms with van der Waals surface area (Å²) in [6, 6.07) is 2.47. The van der Waals surface area contributed by atoms with E-state index in [0.29, 0.717) is 35.1 Å². The van der Waals surface area contributed by atoms with Gasteiger partial charge in [0.15, 0.2) is 0 Å². The molecular weight excluding hydrogens is 851 g/mol. The van der Waals surface area contributed by atoms with Crippen LogP contribution in [0.25, 0.3) is 20.4 Å². The Labute approximate surface area is 374 Å². The standard InChI is InChI=1S/C21H30N4O2S.C11H11ClN2OS.C10H20N2O.2ClH/c26-12-14-1-6-18-17(11-14)19-20(22-13-23-21(19)28-18)24-15-2-4-16(5-3-15)25-7-9-27-10-8-25;12-10-9-7-3-6(4-15)1-2-8(7)16-11(9)14-5-13-10;11-9-1-3-10(4-2-9)12-5-7-13-8-6-12;;/h13-16,26H,1-12H2,(H,22,23,24);5-6,15H,1-4H2;9-10H,1-8,11H2;2*1H/t14-,15?,16?;6-;;;/m00.../s1. The second-order valence-electron chi connectivity index (χ2n) is 16.9. The monoisotopic (exact) mass is 912 g/mol. The molecule has 0 aromatic carbocycles. The molecule has 17 heteroatoms. The van der Waals surface area contributed by atoms with Gasteiger partial charge in [0.25, 0.3) is 0 Å². The smallest absolute Gasteiger partial charge is 0.141 e. The van der Waals surface area contributed by atoms with E-state index in [2.05, 4.69) is 35.1 Å². The van der Waals surface area contributed by atoms with Gasteiger partial charge in [-0.15, -0.1) is 47.5 Å². The number of ether oxygens (including phenoxy) is 2. The molecule has 6 heterocycles. The quantitative estimate of drug-likeness (QED) is 0.152. The Morgan fingerprint density at radius 3 is 1.66 bits per heavy atom. The van der Waals surface area contributed by atoms with Gasteiger partial charge in [0.2, 0.25) is 0 Å². The predicted molar refractivity (Wildman–Crippen MR) is 244 cm³/mol. The predicted octanol–water partition coefficient (Wildman–Crippen LogP) is 6.72. The Morgan fingerprint density at radius 2 is 1.14 bits per heavy atom. The summed E-state index contributed by atoms with van der Waals surface area (Å²) in [6.07, 6.45) is 19.2. The van der Waals surface area contributed by atoms with Crippen molar-refractivity contribution in [2.45, 2.75) is 114 Å². The fourth-order valence-electron chi connectivity index (χ4n) is 9.87. The van der Waals surface area contributed by atoms with E-state index in [-0.39, 0.29) is 38.0 Å². The van der Waals surface area contributed by atoms with E-state index in [1.807, 2.05) is 11.3 Å². The zero-order valence-corrected chi connectivity index (χ0v) is 38.1. The van der Waals surface area contributed by atoms with Gasteiger partial charge in [0, 0.05) is 73.3 Å². The van der Waals surface area contributed by atoms with Crippen molar-refractivity contribution in [1.29, 1.82) is 0 Å². The minimum atomic E-state index is 0. The van der Waals surface area contributed by atoms with Gasteiger partial charge in [-0.05, 0) is 113 Å². The van der Waals surface area contributed by atoms with E-state index in [9.17, 15) is 10.2 Å². The lowest BCUT2D eigenvalue weighted by molar-refractivity contribution is 0.00749. The number of nitrogens with one attached hydrogen (secondary N) is 1. The summed E-state index contributed by atoms with van der Waals surface area (Å²) in [4.78, 5) is 27.6. The summed E-state index contributed by atoms with van der Waals surface area (Å²) < 4.78 is 10.8. The molecule has 4 aromatic rings. The van der Waals surface area contributed by atoms with Crippen molar-refractivity contribution in [2.24, 2.45) is 17.6 Å². The van der Waals surface area contributed by atoms with Crippen molar-refractivity contribution in [3.8, 4) is 0 Å². The molecule has 0 amide bonds. The topological polar surface area (TPSA) is 155 Å². The number of hydrogen-bond acceptors (Lipinski definition) is 14. The van der Waals surface area contributed by atoms with Crippen LogP contribution in [-0.2, 0) is 35.2 Å². The molecule has 0 unspecified atom stereocenters. The highest BCUT2D eigenvalue weighted by molar-refractivity contribution is 7.19. The van der Waals surface area contributed by atoms with Crippen LogP contribution >= 0.6 is 59.1 Å². The number of aromatic nitrogens is 4. The van der Waals surface area contributed by atoms with Crippen molar-refractivity contribution in [1.82, 2.24) is 29.7 Å². The van der Waals surface area contributed by atoms with Crippen LogP contribution in [0, 0.1) is 11.8 Å². The van der Waals surface area contributed by atoms with E-state index in [1.165, 1.54) is 84.0 Å². The maximum absolute atomic E-state index is 9.63. The first-order valence-corrected chi connectivity index (χ1v) is 23.5. The normalized spacial score (nSPS) is 27.5. The number of aliphatic hydroxyl groups is 2. The van der Waals surface area contributed by atoms with E-state index >= 15 is 0 Å². The molecule has 2 atom stereocenters. The molecule has 4 fully saturated rings. The van der Waals surface area contributed by atoms with Crippen LogP contribution in [0.2, 0.25) is 5.15 Å². The number of rotatable bonds is 6. The fourth-order valence-corrected chi connectivity index (χ4v) is 12.5. The van der Waals surface area contributed by atoms with Crippen LogP contribution in [0.3, 0.4) is 0 Å². The first-order chi connectivity index (χ1) is 28.0. The van der Waals surface area contributed by atoms with Crippen molar-refractivity contribution in [3.63, 3.8) is 0 Å². The van der Waals surface area contributed by atoms with Gasteiger partial charge in [-0.2, -0.15) is 0 Å². The summed E-state index contributed by atoms with van der Waals surface area (Å²) in [7, 11) is 0. The molecule has 0 spiro atoms. The van der Waals surface area contributed by atoms with Gasteiger partial charge in [-0.3, -0.25) is 9.80 Å². The van der Waals surface area contributed by atoms with E-state index in [1.54, 1.807) is 17.7 Å². The maximum atomic E-state index is 9.63. The number of halogens is 3. The van der Waals surface area contributed by atoms with E-state index < -0.39 is 0 Å². The van der Waals surface area contributed by atoms with E-state index in [0.717, 1.165) is 118 Å². The van der Waals surface area contributed by atoms with Gasteiger partial charge in [0.1, 0.15) is 33.3 Å². The molecule has 6 aliphatic rings. The number of aryl methyl sites for hydroxylation is 2. The number of morpholine rings is 2.